The SMILES string of the molecule is CC(=O)CCc1ccc(OCCC(=O)NC(C[NH+]2CCCC2)C(O)c2ccc3c(c2)OCCO3)cc1. The summed E-state index contributed by atoms with van der Waals surface area (Å²) in [4.78, 5) is 25.3. The number of rotatable bonds is 12. The maximum absolute atomic E-state index is 12.8. The first-order valence-corrected chi connectivity index (χ1v) is 12.9. The zero-order valence-electron chi connectivity index (χ0n) is 21.0. The number of aryl methyl sites for hydroxylation is 1. The Morgan fingerprint density at radius 1 is 1.03 bits per heavy atom. The number of carbonyl (C=O) groups excluding carboxylic acids is 2. The highest BCUT2D eigenvalue weighted by atomic mass is 16.6. The summed E-state index contributed by atoms with van der Waals surface area (Å²) >= 11 is 0. The van der Waals surface area contributed by atoms with E-state index in [4.69, 9.17) is 14.2 Å². The number of aliphatic hydroxyl groups excluding tert-OH is 1. The lowest BCUT2D eigenvalue weighted by Gasteiger charge is -2.27. The molecule has 0 saturated carbocycles. The first-order valence-electron chi connectivity index (χ1n) is 12.9. The largest absolute Gasteiger partial charge is 0.493 e. The number of fused-ring (bicyclic) bond motifs is 1. The van der Waals surface area contributed by atoms with Gasteiger partial charge in [0.15, 0.2) is 11.5 Å². The molecule has 2 atom stereocenters. The number of quaternary nitrogens is 1. The van der Waals surface area contributed by atoms with Crippen molar-refractivity contribution in [3.05, 3.63) is 53.6 Å². The van der Waals surface area contributed by atoms with Gasteiger partial charge in [-0.25, -0.2) is 0 Å². The Morgan fingerprint density at radius 2 is 1.75 bits per heavy atom. The highest BCUT2D eigenvalue weighted by Crippen LogP contribution is 2.33. The van der Waals surface area contributed by atoms with Gasteiger partial charge in [0.05, 0.1) is 26.1 Å². The Hall–Kier alpha value is -3.10. The third-order valence-electron chi connectivity index (χ3n) is 6.74. The summed E-state index contributed by atoms with van der Waals surface area (Å²) in [5.41, 5.74) is 1.78. The number of Topliss-reactive ketones (excluding diaryl/α,β-unsaturated/α-hetero) is 1. The van der Waals surface area contributed by atoms with Crippen molar-refractivity contribution in [3.8, 4) is 17.2 Å². The molecule has 1 amide bonds. The second-order valence-corrected chi connectivity index (χ2v) is 9.63. The van der Waals surface area contributed by atoms with Crippen LogP contribution in [0.3, 0.4) is 0 Å². The molecule has 36 heavy (non-hydrogen) atoms. The molecule has 2 aliphatic heterocycles. The molecule has 2 aromatic carbocycles. The fourth-order valence-electron chi connectivity index (χ4n) is 4.72. The Labute approximate surface area is 212 Å². The molecule has 0 spiro atoms. The van der Waals surface area contributed by atoms with Gasteiger partial charge >= 0.3 is 0 Å². The second kappa shape index (κ2) is 12.7. The Bertz CT molecular complexity index is 1020. The molecule has 2 aromatic rings. The average Bonchev–Trinajstić information content (AvgIpc) is 3.40. The van der Waals surface area contributed by atoms with E-state index in [1.807, 2.05) is 36.4 Å². The molecule has 0 aromatic heterocycles. The van der Waals surface area contributed by atoms with Crippen LogP contribution in [0.25, 0.3) is 0 Å². The number of aliphatic hydroxyl groups is 1. The van der Waals surface area contributed by atoms with Gasteiger partial charge < -0.3 is 34.3 Å². The Kier molecular flexibility index (Phi) is 9.19. The topological polar surface area (TPSA) is 98.5 Å². The molecular weight excluding hydrogens is 460 g/mol. The minimum atomic E-state index is -0.860. The summed E-state index contributed by atoms with van der Waals surface area (Å²) in [7, 11) is 0. The van der Waals surface area contributed by atoms with E-state index in [1.165, 1.54) is 4.90 Å². The first-order chi connectivity index (χ1) is 17.5. The van der Waals surface area contributed by atoms with Crippen LogP contribution in [0.4, 0.5) is 0 Å². The molecular formula is C28H37N2O6+. The van der Waals surface area contributed by atoms with Gasteiger partial charge in [-0.15, -0.1) is 0 Å². The summed E-state index contributed by atoms with van der Waals surface area (Å²) in [6.45, 7) is 5.57. The zero-order valence-corrected chi connectivity index (χ0v) is 21.0. The lowest BCUT2D eigenvalue weighted by Crippen LogP contribution is -3.11. The van der Waals surface area contributed by atoms with E-state index in [-0.39, 0.29) is 24.7 Å². The van der Waals surface area contributed by atoms with Crippen molar-refractivity contribution in [2.75, 3.05) is 39.5 Å². The lowest BCUT2D eigenvalue weighted by molar-refractivity contribution is -0.889. The van der Waals surface area contributed by atoms with Gasteiger partial charge in [0.1, 0.15) is 43.4 Å². The molecule has 0 aliphatic carbocycles. The van der Waals surface area contributed by atoms with Crippen molar-refractivity contribution in [2.24, 2.45) is 0 Å². The molecule has 3 N–H and O–H groups in total. The fourth-order valence-corrected chi connectivity index (χ4v) is 4.72. The van der Waals surface area contributed by atoms with Gasteiger partial charge in [0.25, 0.3) is 0 Å². The van der Waals surface area contributed by atoms with Gasteiger partial charge in [0, 0.05) is 19.3 Å². The fraction of sp³-hybridized carbons (Fsp3) is 0.500. The maximum Gasteiger partial charge on any atom is 0.223 e. The predicted octanol–water partition coefficient (Wildman–Crippen LogP) is 1.65. The van der Waals surface area contributed by atoms with Crippen molar-refractivity contribution >= 4 is 11.7 Å². The number of hydrogen-bond acceptors (Lipinski definition) is 6. The predicted molar refractivity (Wildman–Crippen MR) is 135 cm³/mol. The summed E-state index contributed by atoms with van der Waals surface area (Å²) in [6, 6.07) is 12.6. The number of ether oxygens (including phenoxy) is 3. The molecule has 2 heterocycles. The van der Waals surface area contributed by atoms with Crippen LogP contribution in [0.2, 0.25) is 0 Å². The van der Waals surface area contributed by atoms with E-state index in [0.29, 0.717) is 55.4 Å². The lowest BCUT2D eigenvalue weighted by atomic mass is 10.0. The number of ketones is 1. The number of carbonyl (C=O) groups is 2. The molecule has 0 radical (unpaired) electrons. The quantitative estimate of drug-likeness (QED) is 0.413. The van der Waals surface area contributed by atoms with Crippen LogP contribution in [0.1, 0.15) is 49.8 Å². The van der Waals surface area contributed by atoms with Crippen LogP contribution in [-0.2, 0) is 16.0 Å². The summed E-state index contributed by atoms with van der Waals surface area (Å²) in [6.07, 6.45) is 2.89. The van der Waals surface area contributed by atoms with Gasteiger partial charge in [-0.1, -0.05) is 18.2 Å². The normalized spacial score (nSPS) is 16.8. The van der Waals surface area contributed by atoms with E-state index in [0.717, 1.165) is 31.5 Å². The minimum Gasteiger partial charge on any atom is -0.493 e. The van der Waals surface area contributed by atoms with Crippen LogP contribution in [0.15, 0.2) is 42.5 Å². The molecule has 2 unspecified atom stereocenters. The first kappa shape index (κ1) is 26.0. The average molecular weight is 498 g/mol. The molecule has 2 aliphatic rings. The van der Waals surface area contributed by atoms with Crippen molar-refractivity contribution in [2.45, 2.75) is 51.2 Å². The third-order valence-corrected chi connectivity index (χ3v) is 6.74. The monoisotopic (exact) mass is 497 g/mol. The van der Waals surface area contributed by atoms with Gasteiger partial charge in [-0.2, -0.15) is 0 Å². The van der Waals surface area contributed by atoms with Crippen molar-refractivity contribution < 1.29 is 33.8 Å². The second-order valence-electron chi connectivity index (χ2n) is 9.63. The van der Waals surface area contributed by atoms with Crippen LogP contribution in [0, 0.1) is 0 Å². The highest BCUT2D eigenvalue weighted by Gasteiger charge is 2.30. The molecule has 194 valence electrons. The van der Waals surface area contributed by atoms with E-state index in [2.05, 4.69) is 5.32 Å². The molecule has 1 fully saturated rings. The summed E-state index contributed by atoms with van der Waals surface area (Å²) in [5.74, 6) is 1.99. The van der Waals surface area contributed by atoms with Crippen molar-refractivity contribution in [1.82, 2.24) is 5.32 Å². The van der Waals surface area contributed by atoms with E-state index in [1.54, 1.807) is 13.0 Å². The van der Waals surface area contributed by atoms with Gasteiger partial charge in [-0.05, 0) is 48.7 Å². The Balaban J connectivity index is 1.32. The molecule has 8 heteroatoms. The van der Waals surface area contributed by atoms with Crippen LogP contribution in [0.5, 0.6) is 17.2 Å². The van der Waals surface area contributed by atoms with Gasteiger partial charge in [-0.3, -0.25) is 4.79 Å². The summed E-state index contributed by atoms with van der Waals surface area (Å²) < 4.78 is 17.0. The molecule has 4 rings (SSSR count). The highest BCUT2D eigenvalue weighted by molar-refractivity contribution is 5.76. The number of hydrogen-bond donors (Lipinski definition) is 3. The molecule has 0 bridgehead atoms. The minimum absolute atomic E-state index is 0.159. The maximum atomic E-state index is 12.8. The number of benzene rings is 2. The van der Waals surface area contributed by atoms with Crippen LogP contribution in [-0.4, -0.2) is 62.3 Å². The number of likely N-dealkylation sites (tertiary alicyclic amines) is 1. The molecule has 1 saturated heterocycles. The van der Waals surface area contributed by atoms with E-state index < -0.39 is 12.1 Å². The van der Waals surface area contributed by atoms with Crippen molar-refractivity contribution in [3.63, 3.8) is 0 Å². The van der Waals surface area contributed by atoms with E-state index >= 15 is 0 Å². The van der Waals surface area contributed by atoms with E-state index in [9.17, 15) is 14.7 Å². The van der Waals surface area contributed by atoms with Crippen LogP contribution >= 0.6 is 0 Å². The summed E-state index contributed by atoms with van der Waals surface area (Å²) in [5, 5.41) is 14.3. The molecule has 8 nitrogen and oxygen atoms in total. The number of amides is 1. The van der Waals surface area contributed by atoms with Crippen LogP contribution < -0.4 is 24.4 Å². The standard InChI is InChI=1S/C28H36N2O6/c1-20(31)4-5-21-6-9-23(10-7-21)34-15-12-27(32)29-24(19-30-13-2-3-14-30)28(33)22-8-11-25-26(18-22)36-17-16-35-25/h6-11,18,24,28,33H,2-5,12-17,19H2,1H3,(H,29,32)/p+1. The van der Waals surface area contributed by atoms with Crippen molar-refractivity contribution in [1.29, 1.82) is 0 Å². The third kappa shape index (κ3) is 7.45. The zero-order chi connectivity index (χ0) is 25.3. The van der Waals surface area contributed by atoms with Gasteiger partial charge in [0.2, 0.25) is 5.91 Å². The Morgan fingerprint density at radius 3 is 2.47 bits per heavy atom. The smallest absolute Gasteiger partial charge is 0.223 e. The number of nitrogens with one attached hydrogen (secondary N) is 2.